The molecule has 0 radical (unpaired) electrons. The van der Waals surface area contributed by atoms with E-state index in [2.05, 4.69) is 19.2 Å². The minimum atomic E-state index is -2.89. The second-order valence-electron chi connectivity index (χ2n) is 6.57. The minimum Gasteiger partial charge on any atom is -0.314 e. The summed E-state index contributed by atoms with van der Waals surface area (Å²) in [6, 6.07) is 0.431. The molecule has 3 nitrogen and oxygen atoms in total. The van der Waals surface area contributed by atoms with E-state index in [1.807, 2.05) is 0 Å². The summed E-state index contributed by atoms with van der Waals surface area (Å²) in [5, 5.41) is 3.36. The summed E-state index contributed by atoms with van der Waals surface area (Å²) in [4.78, 5) is 0. The molecule has 0 amide bonds. The van der Waals surface area contributed by atoms with Gasteiger partial charge in [-0.2, -0.15) is 0 Å². The summed E-state index contributed by atoms with van der Waals surface area (Å²) in [5.41, 5.74) is 0. The van der Waals surface area contributed by atoms with Crippen LogP contribution in [0.4, 0.5) is 0 Å². The van der Waals surface area contributed by atoms with Gasteiger partial charge in [-0.1, -0.05) is 26.7 Å². The van der Waals surface area contributed by atoms with Crippen molar-refractivity contribution in [1.29, 1.82) is 0 Å². The molecule has 0 aromatic rings. The summed E-state index contributed by atoms with van der Waals surface area (Å²) in [7, 11) is -2.89. The van der Waals surface area contributed by atoms with Crippen LogP contribution in [0.15, 0.2) is 0 Å². The average molecular weight is 287 g/mol. The molecule has 0 aliphatic heterocycles. The average Bonchev–Trinajstić information content (AvgIpc) is 2.86. The van der Waals surface area contributed by atoms with Gasteiger partial charge in [0.2, 0.25) is 0 Å². The Kier molecular flexibility index (Phi) is 5.29. The monoisotopic (exact) mass is 287 g/mol. The van der Waals surface area contributed by atoms with Crippen molar-refractivity contribution >= 4 is 9.84 Å². The molecule has 19 heavy (non-hydrogen) atoms. The highest BCUT2D eigenvalue weighted by Crippen LogP contribution is 2.35. The van der Waals surface area contributed by atoms with Crippen molar-refractivity contribution in [2.45, 2.75) is 81.8 Å². The van der Waals surface area contributed by atoms with Crippen LogP contribution in [0.5, 0.6) is 0 Å². The zero-order valence-corrected chi connectivity index (χ0v) is 13.2. The third kappa shape index (κ3) is 3.72. The van der Waals surface area contributed by atoms with Crippen LogP contribution in [-0.2, 0) is 9.84 Å². The molecule has 4 atom stereocenters. The number of hydrogen-bond acceptors (Lipinski definition) is 3. The van der Waals surface area contributed by atoms with Gasteiger partial charge in [0.05, 0.1) is 10.5 Å². The Bertz CT molecular complexity index is 380. The van der Waals surface area contributed by atoms with E-state index in [1.165, 1.54) is 6.42 Å². The Morgan fingerprint density at radius 3 is 2.47 bits per heavy atom. The fourth-order valence-electron chi connectivity index (χ4n) is 3.72. The van der Waals surface area contributed by atoms with Crippen LogP contribution in [0.3, 0.4) is 0 Å². The largest absolute Gasteiger partial charge is 0.314 e. The lowest BCUT2D eigenvalue weighted by atomic mass is 9.91. The van der Waals surface area contributed by atoms with E-state index in [1.54, 1.807) is 0 Å². The van der Waals surface area contributed by atoms with Gasteiger partial charge in [-0.25, -0.2) is 8.42 Å². The fraction of sp³-hybridized carbons (Fsp3) is 1.00. The van der Waals surface area contributed by atoms with Gasteiger partial charge in [0, 0.05) is 6.04 Å². The molecule has 0 bridgehead atoms. The second-order valence-corrected chi connectivity index (χ2v) is 9.08. The van der Waals surface area contributed by atoms with Crippen molar-refractivity contribution in [3.63, 3.8) is 0 Å². The standard InChI is InChI=1S/C15H29NO2S/c1-3-9-16-13-7-8-15(11-13)19(17,18)14-6-4-5-12(2)10-14/h12-16H,3-11H2,1-2H3. The maximum Gasteiger partial charge on any atom is 0.156 e. The van der Waals surface area contributed by atoms with Gasteiger partial charge in [-0.15, -0.1) is 0 Å². The molecule has 4 unspecified atom stereocenters. The Morgan fingerprint density at radius 1 is 1.05 bits per heavy atom. The van der Waals surface area contributed by atoms with Crippen LogP contribution in [0.25, 0.3) is 0 Å². The third-order valence-corrected chi connectivity index (χ3v) is 7.60. The maximum absolute atomic E-state index is 12.7. The Morgan fingerprint density at radius 2 is 1.79 bits per heavy atom. The molecule has 2 aliphatic rings. The zero-order chi connectivity index (χ0) is 13.9. The first-order valence-corrected chi connectivity index (χ1v) is 9.61. The summed E-state index contributed by atoms with van der Waals surface area (Å²) in [6.45, 7) is 5.36. The quantitative estimate of drug-likeness (QED) is 0.845. The highest BCUT2D eigenvalue weighted by molar-refractivity contribution is 7.92. The predicted octanol–water partition coefficient (Wildman–Crippen LogP) is 2.90. The van der Waals surface area contributed by atoms with E-state index < -0.39 is 9.84 Å². The lowest BCUT2D eigenvalue weighted by Crippen LogP contribution is -2.35. The lowest BCUT2D eigenvalue weighted by molar-refractivity contribution is 0.379. The number of hydrogen-bond donors (Lipinski definition) is 1. The van der Waals surface area contributed by atoms with Crippen molar-refractivity contribution in [2.24, 2.45) is 5.92 Å². The Balaban J connectivity index is 1.93. The fourth-order valence-corrected chi connectivity index (χ4v) is 6.32. The van der Waals surface area contributed by atoms with Crippen molar-refractivity contribution in [2.75, 3.05) is 6.54 Å². The smallest absolute Gasteiger partial charge is 0.156 e. The first-order chi connectivity index (χ1) is 9.04. The maximum atomic E-state index is 12.7. The highest BCUT2D eigenvalue weighted by Gasteiger charge is 2.40. The van der Waals surface area contributed by atoms with Crippen LogP contribution in [0, 0.1) is 5.92 Å². The van der Waals surface area contributed by atoms with Crippen molar-refractivity contribution in [3.05, 3.63) is 0 Å². The number of nitrogens with one attached hydrogen (secondary N) is 1. The third-order valence-electron chi connectivity index (χ3n) is 4.89. The normalized spacial score (nSPS) is 36.5. The predicted molar refractivity (Wildman–Crippen MR) is 80.1 cm³/mol. The summed E-state index contributed by atoms with van der Waals surface area (Å²) >= 11 is 0. The first kappa shape index (κ1) is 15.3. The Labute approximate surface area is 118 Å². The van der Waals surface area contributed by atoms with Gasteiger partial charge in [0.1, 0.15) is 0 Å². The summed E-state index contributed by atoms with van der Waals surface area (Å²) < 4.78 is 25.5. The van der Waals surface area contributed by atoms with Gasteiger partial charge in [-0.05, 0) is 51.0 Å². The van der Waals surface area contributed by atoms with Crippen molar-refractivity contribution in [1.82, 2.24) is 5.32 Å². The zero-order valence-electron chi connectivity index (χ0n) is 12.4. The topological polar surface area (TPSA) is 46.2 Å². The molecule has 2 fully saturated rings. The highest BCUT2D eigenvalue weighted by atomic mass is 32.2. The minimum absolute atomic E-state index is 0.0498. The molecule has 112 valence electrons. The Hall–Kier alpha value is -0.0900. The van der Waals surface area contributed by atoms with Gasteiger partial charge < -0.3 is 5.32 Å². The molecule has 2 aliphatic carbocycles. The molecule has 0 spiro atoms. The second kappa shape index (κ2) is 6.57. The molecule has 0 aromatic heterocycles. The van der Waals surface area contributed by atoms with Gasteiger partial charge in [0.25, 0.3) is 0 Å². The van der Waals surface area contributed by atoms with Crippen molar-refractivity contribution < 1.29 is 8.42 Å². The molecule has 2 rings (SSSR count). The van der Waals surface area contributed by atoms with E-state index >= 15 is 0 Å². The van der Waals surface area contributed by atoms with Crippen LogP contribution >= 0.6 is 0 Å². The van der Waals surface area contributed by atoms with Gasteiger partial charge in [0.15, 0.2) is 9.84 Å². The molecule has 1 N–H and O–H groups in total. The molecular formula is C15H29NO2S. The van der Waals surface area contributed by atoms with Crippen LogP contribution in [0.2, 0.25) is 0 Å². The SMILES string of the molecule is CCCNC1CCC(S(=O)(=O)C2CCCC(C)C2)C1. The molecule has 0 aromatic carbocycles. The van der Waals surface area contributed by atoms with E-state index in [0.29, 0.717) is 12.0 Å². The summed E-state index contributed by atoms with van der Waals surface area (Å²) in [6.07, 6.45) is 7.96. The molecule has 0 heterocycles. The van der Waals surface area contributed by atoms with E-state index in [4.69, 9.17) is 0 Å². The number of sulfone groups is 1. The van der Waals surface area contributed by atoms with E-state index in [-0.39, 0.29) is 10.5 Å². The molecule has 4 heteroatoms. The van der Waals surface area contributed by atoms with Crippen LogP contribution in [0.1, 0.15) is 65.2 Å². The first-order valence-electron chi connectivity index (χ1n) is 8.00. The van der Waals surface area contributed by atoms with Gasteiger partial charge in [-0.3, -0.25) is 0 Å². The molecule has 2 saturated carbocycles. The number of rotatable bonds is 5. The van der Waals surface area contributed by atoms with Gasteiger partial charge >= 0.3 is 0 Å². The van der Waals surface area contributed by atoms with E-state index in [0.717, 1.165) is 51.5 Å². The van der Waals surface area contributed by atoms with Crippen molar-refractivity contribution in [3.8, 4) is 0 Å². The summed E-state index contributed by atoms with van der Waals surface area (Å²) in [5.74, 6) is 0.587. The molecular weight excluding hydrogens is 258 g/mol. The molecule has 0 saturated heterocycles. The van der Waals surface area contributed by atoms with Crippen LogP contribution in [-0.4, -0.2) is 31.5 Å². The van der Waals surface area contributed by atoms with Crippen LogP contribution < -0.4 is 5.32 Å². The van der Waals surface area contributed by atoms with E-state index in [9.17, 15) is 8.42 Å². The lowest BCUT2D eigenvalue weighted by Gasteiger charge is -2.28.